The number of likely N-dealkylation sites (tertiary alicyclic amines) is 1. The molecule has 3 heteroatoms. The fourth-order valence-electron chi connectivity index (χ4n) is 2.45. The lowest BCUT2D eigenvalue weighted by Crippen LogP contribution is -2.46. The summed E-state index contributed by atoms with van der Waals surface area (Å²) in [5, 5.41) is 9.52. The molecule has 0 saturated carbocycles. The second-order valence-electron chi connectivity index (χ2n) is 4.76. The van der Waals surface area contributed by atoms with E-state index in [4.69, 9.17) is 0 Å². The first-order valence-corrected chi connectivity index (χ1v) is 6.31. The number of rotatable bonds is 4. The third kappa shape index (κ3) is 3.51. The van der Waals surface area contributed by atoms with E-state index in [1.807, 2.05) is 18.2 Å². The highest BCUT2D eigenvalue weighted by molar-refractivity contribution is 5.14. The standard InChI is InChI=1S/C14H20FNO/c15-11-13-10-14(17)7-9-16(13)8-6-12-4-2-1-3-5-12/h1-5,13-14,17H,6-11H2. The number of aliphatic hydroxyl groups excluding tert-OH is 1. The van der Waals surface area contributed by atoms with E-state index >= 15 is 0 Å². The van der Waals surface area contributed by atoms with Crippen LogP contribution in [-0.4, -0.2) is 41.9 Å². The van der Waals surface area contributed by atoms with Gasteiger partial charge in [-0.2, -0.15) is 0 Å². The Morgan fingerprint density at radius 1 is 1.29 bits per heavy atom. The van der Waals surface area contributed by atoms with E-state index in [1.165, 1.54) is 5.56 Å². The Balaban J connectivity index is 1.85. The van der Waals surface area contributed by atoms with Crippen molar-refractivity contribution < 1.29 is 9.50 Å². The number of hydrogen-bond donors (Lipinski definition) is 1. The van der Waals surface area contributed by atoms with Crippen molar-refractivity contribution in [3.63, 3.8) is 0 Å². The van der Waals surface area contributed by atoms with Crippen molar-refractivity contribution in [2.45, 2.75) is 31.4 Å². The molecule has 1 fully saturated rings. The van der Waals surface area contributed by atoms with Crippen molar-refractivity contribution in [1.82, 2.24) is 4.90 Å². The highest BCUT2D eigenvalue weighted by atomic mass is 19.1. The molecule has 1 aromatic carbocycles. The van der Waals surface area contributed by atoms with Crippen LogP contribution in [-0.2, 0) is 6.42 Å². The third-order valence-corrected chi connectivity index (χ3v) is 3.52. The Bertz CT molecular complexity index is 330. The Hall–Kier alpha value is -0.930. The van der Waals surface area contributed by atoms with E-state index < -0.39 is 0 Å². The second-order valence-corrected chi connectivity index (χ2v) is 4.76. The molecule has 1 N–H and O–H groups in total. The van der Waals surface area contributed by atoms with Gasteiger partial charge in [0.05, 0.1) is 6.10 Å². The second kappa shape index (κ2) is 6.12. The SMILES string of the molecule is OC1CCN(CCc2ccccc2)C(CF)C1. The summed E-state index contributed by atoms with van der Waals surface area (Å²) < 4.78 is 12.9. The van der Waals surface area contributed by atoms with Crippen molar-refractivity contribution in [3.8, 4) is 0 Å². The fourth-order valence-corrected chi connectivity index (χ4v) is 2.45. The van der Waals surface area contributed by atoms with Crippen LogP contribution in [0.4, 0.5) is 4.39 Å². The molecule has 1 aliphatic rings. The minimum absolute atomic E-state index is 0.0949. The van der Waals surface area contributed by atoms with Gasteiger partial charge < -0.3 is 5.11 Å². The van der Waals surface area contributed by atoms with Crippen LogP contribution in [0, 0.1) is 0 Å². The van der Waals surface area contributed by atoms with Gasteiger partial charge in [0.15, 0.2) is 0 Å². The van der Waals surface area contributed by atoms with Crippen LogP contribution in [0.25, 0.3) is 0 Å². The molecule has 17 heavy (non-hydrogen) atoms. The van der Waals surface area contributed by atoms with Crippen molar-refractivity contribution in [3.05, 3.63) is 35.9 Å². The maximum absolute atomic E-state index is 12.9. The summed E-state index contributed by atoms with van der Waals surface area (Å²) >= 11 is 0. The molecular weight excluding hydrogens is 217 g/mol. The molecule has 1 aliphatic heterocycles. The molecule has 0 amide bonds. The molecule has 0 bridgehead atoms. The fraction of sp³-hybridized carbons (Fsp3) is 0.571. The van der Waals surface area contributed by atoms with Gasteiger partial charge in [-0.15, -0.1) is 0 Å². The summed E-state index contributed by atoms with van der Waals surface area (Å²) in [6.45, 7) is 1.33. The predicted molar refractivity (Wildman–Crippen MR) is 66.7 cm³/mol. The Kier molecular flexibility index (Phi) is 4.51. The number of aliphatic hydroxyl groups is 1. The molecule has 2 atom stereocenters. The normalized spacial score (nSPS) is 26.0. The molecule has 1 saturated heterocycles. The van der Waals surface area contributed by atoms with Gasteiger partial charge in [-0.25, -0.2) is 4.39 Å². The van der Waals surface area contributed by atoms with Gasteiger partial charge in [-0.1, -0.05) is 30.3 Å². The molecule has 2 rings (SSSR count). The quantitative estimate of drug-likeness (QED) is 0.866. The lowest BCUT2D eigenvalue weighted by atomic mass is 9.99. The number of piperidine rings is 1. The Morgan fingerprint density at radius 2 is 2.06 bits per heavy atom. The first-order chi connectivity index (χ1) is 8.29. The average Bonchev–Trinajstić information content (AvgIpc) is 2.38. The third-order valence-electron chi connectivity index (χ3n) is 3.52. The molecule has 1 heterocycles. The highest BCUT2D eigenvalue weighted by Gasteiger charge is 2.26. The van der Waals surface area contributed by atoms with Gasteiger partial charge in [-0.3, -0.25) is 4.90 Å². The first kappa shape index (κ1) is 12.5. The van der Waals surface area contributed by atoms with Crippen LogP contribution in [0.5, 0.6) is 0 Å². The molecule has 2 unspecified atom stereocenters. The molecule has 0 aromatic heterocycles. The number of nitrogens with zero attached hydrogens (tertiary/aromatic N) is 1. The summed E-state index contributed by atoms with van der Waals surface area (Å²) in [4.78, 5) is 2.17. The number of halogens is 1. The smallest absolute Gasteiger partial charge is 0.105 e. The van der Waals surface area contributed by atoms with Crippen LogP contribution < -0.4 is 0 Å². The molecule has 1 aromatic rings. The lowest BCUT2D eigenvalue weighted by molar-refractivity contribution is 0.0322. The average molecular weight is 237 g/mol. The van der Waals surface area contributed by atoms with Gasteiger partial charge in [0, 0.05) is 19.1 Å². The number of hydrogen-bond acceptors (Lipinski definition) is 2. The zero-order valence-electron chi connectivity index (χ0n) is 10.1. The van der Waals surface area contributed by atoms with E-state index in [1.54, 1.807) is 0 Å². The van der Waals surface area contributed by atoms with Gasteiger partial charge in [0.25, 0.3) is 0 Å². The molecular formula is C14H20FNO. The predicted octanol–water partition coefficient (Wildman–Crippen LogP) is 2.02. The monoisotopic (exact) mass is 237 g/mol. The van der Waals surface area contributed by atoms with Crippen molar-refractivity contribution in [1.29, 1.82) is 0 Å². The largest absolute Gasteiger partial charge is 0.393 e. The first-order valence-electron chi connectivity index (χ1n) is 6.31. The Morgan fingerprint density at radius 3 is 2.76 bits per heavy atom. The number of benzene rings is 1. The zero-order valence-corrected chi connectivity index (χ0v) is 10.1. The van der Waals surface area contributed by atoms with E-state index in [0.717, 1.165) is 25.9 Å². The zero-order chi connectivity index (χ0) is 12.1. The van der Waals surface area contributed by atoms with Crippen LogP contribution in [0.1, 0.15) is 18.4 Å². The summed E-state index contributed by atoms with van der Waals surface area (Å²) in [7, 11) is 0. The summed E-state index contributed by atoms with van der Waals surface area (Å²) in [6, 6.07) is 10.2. The number of alkyl halides is 1. The maximum atomic E-state index is 12.9. The summed E-state index contributed by atoms with van der Waals surface area (Å²) in [5.74, 6) is 0. The van der Waals surface area contributed by atoms with Crippen LogP contribution in [0.3, 0.4) is 0 Å². The molecule has 0 aliphatic carbocycles. The van der Waals surface area contributed by atoms with E-state index in [2.05, 4.69) is 17.0 Å². The van der Waals surface area contributed by atoms with E-state index in [9.17, 15) is 9.50 Å². The minimum Gasteiger partial charge on any atom is -0.393 e. The van der Waals surface area contributed by atoms with Gasteiger partial charge >= 0.3 is 0 Å². The molecule has 0 radical (unpaired) electrons. The summed E-state index contributed by atoms with van der Waals surface area (Å²) in [5.41, 5.74) is 1.29. The van der Waals surface area contributed by atoms with Gasteiger partial charge in [0.2, 0.25) is 0 Å². The van der Waals surface area contributed by atoms with Gasteiger partial charge in [0.1, 0.15) is 6.67 Å². The van der Waals surface area contributed by atoms with E-state index in [-0.39, 0.29) is 18.8 Å². The van der Waals surface area contributed by atoms with Crippen molar-refractivity contribution in [2.75, 3.05) is 19.8 Å². The molecule has 2 nitrogen and oxygen atoms in total. The highest BCUT2D eigenvalue weighted by Crippen LogP contribution is 2.18. The van der Waals surface area contributed by atoms with Crippen molar-refractivity contribution in [2.24, 2.45) is 0 Å². The van der Waals surface area contributed by atoms with Crippen molar-refractivity contribution >= 4 is 0 Å². The van der Waals surface area contributed by atoms with Gasteiger partial charge in [-0.05, 0) is 24.8 Å². The lowest BCUT2D eigenvalue weighted by Gasteiger charge is -2.36. The van der Waals surface area contributed by atoms with Crippen LogP contribution in [0.15, 0.2) is 30.3 Å². The van der Waals surface area contributed by atoms with Crippen LogP contribution >= 0.6 is 0 Å². The molecule has 0 spiro atoms. The van der Waals surface area contributed by atoms with E-state index in [0.29, 0.717) is 6.42 Å². The minimum atomic E-state index is -0.355. The summed E-state index contributed by atoms with van der Waals surface area (Å²) in [6.07, 6.45) is 1.98. The maximum Gasteiger partial charge on any atom is 0.105 e. The Labute approximate surface area is 102 Å². The topological polar surface area (TPSA) is 23.5 Å². The van der Waals surface area contributed by atoms with Crippen LogP contribution in [0.2, 0.25) is 0 Å². The molecule has 94 valence electrons.